The molecule has 0 saturated heterocycles. The van der Waals surface area contributed by atoms with E-state index in [1.165, 1.54) is 6.07 Å². The summed E-state index contributed by atoms with van der Waals surface area (Å²) in [5.41, 5.74) is 5.72. The zero-order valence-corrected chi connectivity index (χ0v) is 8.14. The molecule has 0 aliphatic carbocycles. The summed E-state index contributed by atoms with van der Waals surface area (Å²) in [5.74, 6) is 0.207. The molecule has 0 aromatic heterocycles. The van der Waals surface area contributed by atoms with Gasteiger partial charge in [-0.15, -0.1) is 0 Å². The molecule has 0 heterocycles. The molecule has 5 heteroatoms. The molecule has 0 saturated carbocycles. The van der Waals surface area contributed by atoms with Crippen LogP contribution in [-0.2, 0) is 0 Å². The van der Waals surface area contributed by atoms with Crippen molar-refractivity contribution in [3.63, 3.8) is 0 Å². The van der Waals surface area contributed by atoms with Crippen molar-refractivity contribution in [3.8, 4) is 5.75 Å². The number of nitrogen functional groups attached to an aromatic ring is 1. The zero-order valence-electron chi connectivity index (χ0n) is 7.39. The maximum atomic E-state index is 11.9. The van der Waals surface area contributed by atoms with Gasteiger partial charge in [0.1, 0.15) is 24.9 Å². The third-order valence-electron chi connectivity index (χ3n) is 1.57. The van der Waals surface area contributed by atoms with Crippen LogP contribution in [0.4, 0.5) is 4.39 Å². The number of amidine groups is 1. The fourth-order valence-corrected chi connectivity index (χ4v) is 1.15. The molecule has 0 amide bonds. The van der Waals surface area contributed by atoms with E-state index in [0.29, 0.717) is 16.3 Å². The fraction of sp³-hybridized carbons (Fsp3) is 0.222. The number of rotatable bonds is 4. The lowest BCUT2D eigenvalue weighted by Gasteiger charge is -2.09. The maximum absolute atomic E-state index is 11.9. The Morgan fingerprint density at radius 2 is 2.29 bits per heavy atom. The van der Waals surface area contributed by atoms with E-state index in [1.807, 2.05) is 0 Å². The molecule has 0 radical (unpaired) electrons. The first-order valence-electron chi connectivity index (χ1n) is 3.98. The molecule has 0 bridgehead atoms. The van der Waals surface area contributed by atoms with Crippen molar-refractivity contribution >= 4 is 17.4 Å². The van der Waals surface area contributed by atoms with Crippen LogP contribution >= 0.6 is 11.6 Å². The van der Waals surface area contributed by atoms with Crippen molar-refractivity contribution in [3.05, 3.63) is 28.8 Å². The third-order valence-corrected chi connectivity index (χ3v) is 1.80. The maximum Gasteiger partial charge on any atom is 0.131 e. The van der Waals surface area contributed by atoms with E-state index in [9.17, 15) is 4.39 Å². The Labute approximate surface area is 86.1 Å². The summed E-state index contributed by atoms with van der Waals surface area (Å²) in [6.07, 6.45) is 0. The topological polar surface area (TPSA) is 59.1 Å². The fourth-order valence-electron chi connectivity index (χ4n) is 0.987. The second kappa shape index (κ2) is 4.81. The monoisotopic (exact) mass is 216 g/mol. The van der Waals surface area contributed by atoms with E-state index >= 15 is 0 Å². The van der Waals surface area contributed by atoms with Gasteiger partial charge < -0.3 is 10.5 Å². The molecule has 0 aliphatic heterocycles. The molecule has 14 heavy (non-hydrogen) atoms. The molecule has 0 unspecified atom stereocenters. The van der Waals surface area contributed by atoms with Gasteiger partial charge in [0.2, 0.25) is 0 Å². The van der Waals surface area contributed by atoms with Gasteiger partial charge in [-0.1, -0.05) is 11.6 Å². The summed E-state index contributed by atoms with van der Waals surface area (Å²) in [5, 5.41) is 7.71. The Bertz CT molecular complexity index is 344. The Morgan fingerprint density at radius 1 is 1.57 bits per heavy atom. The molecule has 3 N–H and O–H groups in total. The van der Waals surface area contributed by atoms with Gasteiger partial charge in [0.25, 0.3) is 0 Å². The van der Waals surface area contributed by atoms with Crippen molar-refractivity contribution < 1.29 is 9.13 Å². The average molecular weight is 217 g/mol. The minimum atomic E-state index is -0.593. The minimum absolute atomic E-state index is 0.0688. The summed E-state index contributed by atoms with van der Waals surface area (Å²) >= 11 is 5.72. The predicted molar refractivity (Wildman–Crippen MR) is 53.9 cm³/mol. The van der Waals surface area contributed by atoms with E-state index in [1.54, 1.807) is 12.1 Å². The largest absolute Gasteiger partial charge is 0.490 e. The predicted octanol–water partition coefficient (Wildman–Crippen LogP) is 1.97. The van der Waals surface area contributed by atoms with E-state index in [-0.39, 0.29) is 12.4 Å². The molecule has 1 aromatic rings. The molecular formula is C9H10ClFN2O. The zero-order chi connectivity index (χ0) is 10.6. The number of nitrogens with two attached hydrogens (primary N) is 1. The van der Waals surface area contributed by atoms with Crippen molar-refractivity contribution in [1.82, 2.24) is 0 Å². The normalized spacial score (nSPS) is 9.86. The average Bonchev–Trinajstić information content (AvgIpc) is 2.14. The molecule has 1 aromatic carbocycles. The standard InChI is InChI=1S/C9H10ClFN2O/c10-6-1-2-7(9(12)13)8(5-6)14-4-3-11/h1-2,5H,3-4H2,(H3,12,13). The van der Waals surface area contributed by atoms with Crippen LogP contribution in [0.1, 0.15) is 5.56 Å². The lowest BCUT2D eigenvalue weighted by atomic mass is 10.2. The summed E-state index contributed by atoms with van der Waals surface area (Å²) < 4.78 is 16.9. The van der Waals surface area contributed by atoms with Gasteiger partial charge >= 0.3 is 0 Å². The number of ether oxygens (including phenoxy) is 1. The molecule has 0 atom stereocenters. The second-order valence-corrected chi connectivity index (χ2v) is 3.03. The third kappa shape index (κ3) is 2.60. The van der Waals surface area contributed by atoms with Gasteiger partial charge in [-0.05, 0) is 18.2 Å². The molecular weight excluding hydrogens is 207 g/mol. The highest BCUT2D eigenvalue weighted by Crippen LogP contribution is 2.22. The van der Waals surface area contributed by atoms with E-state index in [0.717, 1.165) is 0 Å². The summed E-state index contributed by atoms with van der Waals surface area (Å²) in [6.45, 7) is -0.662. The number of halogens is 2. The molecule has 3 nitrogen and oxygen atoms in total. The molecule has 1 rings (SSSR count). The van der Waals surface area contributed by atoms with Crippen LogP contribution in [0.15, 0.2) is 18.2 Å². The van der Waals surface area contributed by atoms with Crippen LogP contribution < -0.4 is 10.5 Å². The van der Waals surface area contributed by atoms with Crippen molar-refractivity contribution in [2.24, 2.45) is 5.73 Å². The van der Waals surface area contributed by atoms with Crippen LogP contribution in [0, 0.1) is 5.41 Å². The van der Waals surface area contributed by atoms with Crippen LogP contribution in [0.25, 0.3) is 0 Å². The van der Waals surface area contributed by atoms with E-state index in [2.05, 4.69) is 0 Å². The molecule has 0 aliphatic rings. The number of hydrogen-bond acceptors (Lipinski definition) is 2. The van der Waals surface area contributed by atoms with E-state index in [4.69, 9.17) is 27.5 Å². The smallest absolute Gasteiger partial charge is 0.131 e. The SMILES string of the molecule is N=C(N)c1ccc(Cl)cc1OCCF. The Hall–Kier alpha value is -1.29. The highest BCUT2D eigenvalue weighted by Gasteiger charge is 2.06. The Kier molecular flexibility index (Phi) is 3.71. The highest BCUT2D eigenvalue weighted by molar-refractivity contribution is 6.30. The van der Waals surface area contributed by atoms with Crippen molar-refractivity contribution in [2.45, 2.75) is 0 Å². The van der Waals surface area contributed by atoms with Crippen LogP contribution in [-0.4, -0.2) is 19.1 Å². The van der Waals surface area contributed by atoms with Crippen LogP contribution in [0.5, 0.6) is 5.75 Å². The minimum Gasteiger partial charge on any atom is -0.490 e. The van der Waals surface area contributed by atoms with E-state index < -0.39 is 6.67 Å². The number of alkyl halides is 1. The summed E-state index contributed by atoms with van der Waals surface area (Å²) in [7, 11) is 0. The lowest BCUT2D eigenvalue weighted by Crippen LogP contribution is -2.13. The molecule has 76 valence electrons. The number of nitrogens with one attached hydrogen (secondary N) is 1. The quantitative estimate of drug-likeness (QED) is 0.597. The Balaban J connectivity index is 2.97. The van der Waals surface area contributed by atoms with Gasteiger partial charge in [0.15, 0.2) is 0 Å². The summed E-state index contributed by atoms with van der Waals surface area (Å²) in [6, 6.07) is 4.67. The van der Waals surface area contributed by atoms with Gasteiger partial charge in [-0.25, -0.2) is 4.39 Å². The van der Waals surface area contributed by atoms with Crippen LogP contribution in [0.3, 0.4) is 0 Å². The van der Waals surface area contributed by atoms with Gasteiger partial charge in [0, 0.05) is 5.02 Å². The number of benzene rings is 1. The molecule has 0 spiro atoms. The summed E-state index contributed by atoms with van der Waals surface area (Å²) in [4.78, 5) is 0. The first-order valence-corrected chi connectivity index (χ1v) is 4.35. The van der Waals surface area contributed by atoms with Gasteiger partial charge in [0.05, 0.1) is 5.56 Å². The first-order chi connectivity index (χ1) is 6.65. The van der Waals surface area contributed by atoms with Crippen molar-refractivity contribution in [2.75, 3.05) is 13.3 Å². The van der Waals surface area contributed by atoms with Crippen LogP contribution in [0.2, 0.25) is 5.02 Å². The van der Waals surface area contributed by atoms with Crippen molar-refractivity contribution in [1.29, 1.82) is 5.41 Å². The Morgan fingerprint density at radius 3 is 2.86 bits per heavy atom. The molecule has 0 fully saturated rings. The second-order valence-electron chi connectivity index (χ2n) is 2.59. The van der Waals surface area contributed by atoms with Gasteiger partial charge in [-0.3, -0.25) is 5.41 Å². The number of hydrogen-bond donors (Lipinski definition) is 2. The first kappa shape index (κ1) is 10.8. The van der Waals surface area contributed by atoms with Gasteiger partial charge in [-0.2, -0.15) is 0 Å². The highest BCUT2D eigenvalue weighted by atomic mass is 35.5. The lowest BCUT2D eigenvalue weighted by molar-refractivity contribution is 0.273.